The first-order chi connectivity index (χ1) is 12.7. The number of amidine groups is 2. The molecule has 0 saturated carbocycles. The molecule has 27 heavy (non-hydrogen) atoms. The van der Waals surface area contributed by atoms with Gasteiger partial charge in [0.1, 0.15) is 17.7 Å². The van der Waals surface area contributed by atoms with Gasteiger partial charge in [-0.05, 0) is 47.8 Å². The number of anilines is 1. The van der Waals surface area contributed by atoms with E-state index in [2.05, 4.69) is 4.99 Å². The summed E-state index contributed by atoms with van der Waals surface area (Å²) in [5.41, 5.74) is 12.5. The number of aliphatic imine (C=N–C) groups is 1. The topological polar surface area (TPSA) is 136 Å². The molecule has 0 spiro atoms. The number of halogens is 2. The summed E-state index contributed by atoms with van der Waals surface area (Å²) in [6.07, 6.45) is 2.15. The van der Waals surface area contributed by atoms with Crippen LogP contribution in [0.4, 0.5) is 14.5 Å². The third-order valence-corrected chi connectivity index (χ3v) is 3.74. The van der Waals surface area contributed by atoms with E-state index in [1.54, 1.807) is 18.2 Å². The molecule has 2 rings (SSSR count). The standard InChI is InChI=1S/C19H19F2N5O/c1-10(27)18(24)26-19(25)12-8-14(17(23)15(21)9-12)16(22)7-4-11-2-5-13(20)6-3-11/h2-10,22,27H,23H2,1H3,(H3,24,25,26)/p+2/b7-4+,22-16?. The number of hydrogen-bond donors (Lipinski definition) is 5. The van der Waals surface area contributed by atoms with Gasteiger partial charge in [-0.15, -0.1) is 0 Å². The summed E-state index contributed by atoms with van der Waals surface area (Å²) in [6, 6.07) is 8.33. The minimum Gasteiger partial charge on any atom is -0.396 e. The molecule has 0 aliphatic heterocycles. The molecule has 0 aliphatic carbocycles. The van der Waals surface area contributed by atoms with E-state index in [0.717, 1.165) is 6.07 Å². The Kier molecular flexibility index (Phi) is 6.15. The quantitative estimate of drug-likeness (QED) is 0.263. The molecular formula is C19H21F2N5O+2. The normalized spacial score (nSPS) is 13.0. The maximum atomic E-state index is 14.2. The Morgan fingerprint density at radius 1 is 1.19 bits per heavy atom. The Labute approximate surface area is 154 Å². The van der Waals surface area contributed by atoms with Crippen molar-refractivity contribution in [2.75, 3.05) is 5.73 Å². The predicted octanol–water partition coefficient (Wildman–Crippen LogP) is -0.948. The van der Waals surface area contributed by atoms with Gasteiger partial charge in [0, 0.05) is 6.08 Å². The van der Waals surface area contributed by atoms with Gasteiger partial charge in [-0.2, -0.15) is 0 Å². The smallest absolute Gasteiger partial charge is 0.323 e. The summed E-state index contributed by atoms with van der Waals surface area (Å²) >= 11 is 0. The van der Waals surface area contributed by atoms with Crippen LogP contribution in [0.3, 0.4) is 0 Å². The molecular weight excluding hydrogens is 352 g/mol. The van der Waals surface area contributed by atoms with E-state index in [1.807, 2.05) is 0 Å². The Hall–Kier alpha value is -3.39. The molecule has 0 aromatic heterocycles. The molecule has 0 saturated heterocycles. The maximum absolute atomic E-state index is 14.2. The molecule has 140 valence electrons. The van der Waals surface area contributed by atoms with Gasteiger partial charge in [0.15, 0.2) is 0 Å². The first-order valence-corrected chi connectivity index (χ1v) is 7.99. The number of allylic oxidation sites excluding steroid dienone is 1. The van der Waals surface area contributed by atoms with Crippen LogP contribution in [0.5, 0.6) is 0 Å². The molecule has 6 nitrogen and oxygen atoms in total. The number of benzene rings is 2. The van der Waals surface area contributed by atoms with Crippen LogP contribution in [-0.2, 0) is 0 Å². The molecule has 1 unspecified atom stereocenters. The van der Waals surface area contributed by atoms with E-state index >= 15 is 0 Å². The van der Waals surface area contributed by atoms with Crippen molar-refractivity contribution in [3.63, 3.8) is 0 Å². The summed E-state index contributed by atoms with van der Waals surface area (Å²) in [5.74, 6) is -1.29. The summed E-state index contributed by atoms with van der Waals surface area (Å²) in [7, 11) is 0. The van der Waals surface area contributed by atoms with Gasteiger partial charge in [0.05, 0.1) is 16.8 Å². The minimum atomic E-state index is -1.00. The monoisotopic (exact) mass is 373 g/mol. The lowest BCUT2D eigenvalue weighted by Gasteiger charge is -2.05. The van der Waals surface area contributed by atoms with Crippen molar-refractivity contribution in [3.8, 4) is 0 Å². The Balaban J connectivity index is 2.34. The van der Waals surface area contributed by atoms with E-state index in [-0.39, 0.29) is 40.0 Å². The second-order valence-electron chi connectivity index (χ2n) is 5.86. The SMILES string of the molecule is CC(O)C(N)=NC(=[NH2+])c1cc(F)c(N)c(C(=[NH2+])/C=C/c2ccc(F)cc2)c1. The highest BCUT2D eigenvalue weighted by atomic mass is 19.1. The Morgan fingerprint density at radius 2 is 1.81 bits per heavy atom. The van der Waals surface area contributed by atoms with E-state index < -0.39 is 11.9 Å². The van der Waals surface area contributed by atoms with Gasteiger partial charge in [0.2, 0.25) is 11.5 Å². The first-order valence-electron chi connectivity index (χ1n) is 7.99. The maximum Gasteiger partial charge on any atom is 0.323 e. The van der Waals surface area contributed by atoms with Gasteiger partial charge < -0.3 is 16.6 Å². The lowest BCUT2D eigenvalue weighted by molar-refractivity contribution is -0.114. The zero-order valence-corrected chi connectivity index (χ0v) is 14.7. The molecule has 9 N–H and O–H groups in total. The average molecular weight is 373 g/mol. The third-order valence-electron chi connectivity index (χ3n) is 3.74. The fourth-order valence-electron chi connectivity index (χ4n) is 2.15. The van der Waals surface area contributed by atoms with Crippen molar-refractivity contribution in [3.05, 3.63) is 70.8 Å². The van der Waals surface area contributed by atoms with Crippen LogP contribution in [0.15, 0.2) is 47.5 Å². The number of aliphatic hydroxyl groups excluding tert-OH is 1. The molecule has 0 bridgehead atoms. The van der Waals surface area contributed by atoms with Crippen LogP contribution in [-0.4, -0.2) is 28.6 Å². The van der Waals surface area contributed by atoms with Gasteiger partial charge in [0.25, 0.3) is 0 Å². The number of nitrogen functional groups attached to an aromatic ring is 1. The second kappa shape index (κ2) is 8.33. The van der Waals surface area contributed by atoms with E-state index in [9.17, 15) is 13.9 Å². The summed E-state index contributed by atoms with van der Waals surface area (Å²) in [5, 5.41) is 21.2. The first kappa shape index (κ1) is 19.9. The molecule has 0 heterocycles. The van der Waals surface area contributed by atoms with Crippen molar-refractivity contribution in [2.24, 2.45) is 10.7 Å². The number of hydrogen-bond acceptors (Lipinski definition) is 2. The number of rotatable bonds is 5. The molecule has 8 heteroatoms. The van der Waals surface area contributed by atoms with E-state index in [0.29, 0.717) is 5.56 Å². The Bertz CT molecular complexity index is 934. The van der Waals surface area contributed by atoms with Crippen molar-refractivity contribution < 1.29 is 24.7 Å². The van der Waals surface area contributed by atoms with Crippen molar-refractivity contribution in [1.29, 1.82) is 0 Å². The van der Waals surface area contributed by atoms with Crippen LogP contribution < -0.4 is 22.3 Å². The average Bonchev–Trinajstić information content (AvgIpc) is 2.62. The van der Waals surface area contributed by atoms with Crippen molar-refractivity contribution in [2.45, 2.75) is 13.0 Å². The van der Waals surface area contributed by atoms with Gasteiger partial charge >= 0.3 is 5.84 Å². The molecule has 0 amide bonds. The molecule has 0 aliphatic rings. The summed E-state index contributed by atoms with van der Waals surface area (Å²) in [4.78, 5) is 3.85. The van der Waals surface area contributed by atoms with Crippen molar-refractivity contribution >= 4 is 29.1 Å². The number of nitrogens with two attached hydrogens (primary N) is 4. The lowest BCUT2D eigenvalue weighted by atomic mass is 10.0. The van der Waals surface area contributed by atoms with E-state index in [4.69, 9.17) is 22.3 Å². The highest BCUT2D eigenvalue weighted by molar-refractivity contribution is 6.12. The van der Waals surface area contributed by atoms with Gasteiger partial charge in [-0.1, -0.05) is 12.1 Å². The summed E-state index contributed by atoms with van der Waals surface area (Å²) < 4.78 is 27.2. The Morgan fingerprint density at radius 3 is 2.41 bits per heavy atom. The molecule has 0 fully saturated rings. The van der Waals surface area contributed by atoms with Crippen LogP contribution >= 0.6 is 0 Å². The highest BCUT2D eigenvalue weighted by Crippen LogP contribution is 2.20. The number of nitrogens with zero attached hydrogens (tertiary/aromatic N) is 1. The summed E-state index contributed by atoms with van der Waals surface area (Å²) in [6.45, 7) is 1.42. The fraction of sp³-hybridized carbons (Fsp3) is 0.105. The largest absolute Gasteiger partial charge is 0.396 e. The van der Waals surface area contributed by atoms with Crippen LogP contribution in [0.25, 0.3) is 6.08 Å². The second-order valence-corrected chi connectivity index (χ2v) is 5.86. The van der Waals surface area contributed by atoms with Crippen LogP contribution in [0.2, 0.25) is 0 Å². The molecule has 0 radical (unpaired) electrons. The van der Waals surface area contributed by atoms with Crippen molar-refractivity contribution in [1.82, 2.24) is 0 Å². The molecule has 2 aromatic rings. The van der Waals surface area contributed by atoms with Crippen LogP contribution in [0.1, 0.15) is 23.6 Å². The zero-order valence-electron chi connectivity index (χ0n) is 14.7. The highest BCUT2D eigenvalue weighted by Gasteiger charge is 2.20. The van der Waals surface area contributed by atoms with Crippen LogP contribution in [0, 0.1) is 11.6 Å². The zero-order chi connectivity index (χ0) is 20.1. The third kappa shape index (κ3) is 5.05. The van der Waals surface area contributed by atoms with Gasteiger partial charge in [-0.25, -0.2) is 8.78 Å². The van der Waals surface area contributed by atoms with Gasteiger partial charge in [-0.3, -0.25) is 10.8 Å². The van der Waals surface area contributed by atoms with E-state index in [1.165, 1.54) is 31.2 Å². The lowest BCUT2D eigenvalue weighted by Crippen LogP contribution is -2.42. The predicted molar refractivity (Wildman–Crippen MR) is 102 cm³/mol. The number of aliphatic hydroxyl groups is 1. The molecule has 1 atom stereocenters. The minimum absolute atomic E-state index is 0.0936. The fourth-order valence-corrected chi connectivity index (χ4v) is 2.15. The molecule has 2 aromatic carbocycles.